The lowest BCUT2D eigenvalue weighted by atomic mass is 9.92. The normalized spacial score (nSPS) is 12.5. The van der Waals surface area contributed by atoms with E-state index in [2.05, 4.69) is 10.6 Å². The van der Waals surface area contributed by atoms with Crippen LogP contribution in [0.5, 0.6) is 0 Å². The van der Waals surface area contributed by atoms with Crippen LogP contribution in [-0.2, 0) is 20.9 Å². The van der Waals surface area contributed by atoms with Gasteiger partial charge in [0.1, 0.15) is 6.61 Å². The molecule has 0 saturated heterocycles. The second-order valence-corrected chi connectivity index (χ2v) is 7.35. The van der Waals surface area contributed by atoms with E-state index in [0.717, 1.165) is 5.56 Å². The van der Waals surface area contributed by atoms with Crippen LogP contribution in [-0.4, -0.2) is 30.0 Å². The van der Waals surface area contributed by atoms with Crippen molar-refractivity contribution in [3.05, 3.63) is 64.1 Å². The van der Waals surface area contributed by atoms with Crippen molar-refractivity contribution in [3.8, 4) is 0 Å². The highest BCUT2D eigenvalue weighted by Crippen LogP contribution is 2.26. The summed E-state index contributed by atoms with van der Waals surface area (Å²) in [4.78, 5) is 36.2. The van der Waals surface area contributed by atoms with E-state index >= 15 is 0 Å². The Morgan fingerprint density at radius 1 is 1.07 bits per heavy atom. The lowest BCUT2D eigenvalue weighted by Crippen LogP contribution is -2.60. The largest absolute Gasteiger partial charge is 0.445 e. The molecule has 8 nitrogen and oxygen atoms in total. The molecular weight excluding hydrogens is 431 g/mol. The standard InChI is InChI=1S/C20H22Cl2N4O4/c21-14-7-8-16(15(22)11-14)26-18(28)20(24,17(23)27)9-4-10-25-19(29)30-12-13-5-2-1-3-6-13/h1-3,5-8,11H,4,9-10,12,24H2,(H2,23,27)(H,25,29)(H,26,28)/t20-/m0/s1. The van der Waals surface area contributed by atoms with Crippen LogP contribution in [0, 0.1) is 0 Å². The fourth-order valence-corrected chi connectivity index (χ4v) is 2.96. The molecule has 3 amide bonds. The predicted molar refractivity (Wildman–Crippen MR) is 115 cm³/mol. The van der Waals surface area contributed by atoms with Crippen LogP contribution in [0.1, 0.15) is 18.4 Å². The smallest absolute Gasteiger partial charge is 0.407 e. The Bertz CT molecular complexity index is 911. The molecule has 6 N–H and O–H groups in total. The molecule has 0 unspecified atom stereocenters. The molecule has 2 aromatic carbocycles. The fourth-order valence-electron chi connectivity index (χ4n) is 2.51. The van der Waals surface area contributed by atoms with E-state index in [1.807, 2.05) is 30.3 Å². The van der Waals surface area contributed by atoms with Gasteiger partial charge in [0, 0.05) is 11.6 Å². The molecule has 0 radical (unpaired) electrons. The Morgan fingerprint density at radius 3 is 2.40 bits per heavy atom. The first-order valence-corrected chi connectivity index (χ1v) is 9.78. The molecule has 0 saturated carbocycles. The number of ether oxygens (including phenoxy) is 1. The third-order valence-corrected chi connectivity index (χ3v) is 4.80. The molecule has 2 aromatic rings. The van der Waals surface area contributed by atoms with Crippen LogP contribution in [0.2, 0.25) is 10.0 Å². The minimum Gasteiger partial charge on any atom is -0.445 e. The van der Waals surface area contributed by atoms with Gasteiger partial charge in [-0.3, -0.25) is 9.59 Å². The average molecular weight is 453 g/mol. The molecule has 2 rings (SSSR count). The fraction of sp³-hybridized carbons (Fsp3) is 0.250. The molecule has 0 aliphatic carbocycles. The van der Waals surface area contributed by atoms with Crippen molar-refractivity contribution in [3.63, 3.8) is 0 Å². The van der Waals surface area contributed by atoms with E-state index in [1.165, 1.54) is 18.2 Å². The lowest BCUT2D eigenvalue weighted by Gasteiger charge is -2.25. The van der Waals surface area contributed by atoms with Gasteiger partial charge >= 0.3 is 6.09 Å². The number of anilines is 1. The maximum Gasteiger partial charge on any atom is 0.407 e. The highest BCUT2D eigenvalue weighted by atomic mass is 35.5. The van der Waals surface area contributed by atoms with Gasteiger partial charge in [-0.05, 0) is 36.6 Å². The summed E-state index contributed by atoms with van der Waals surface area (Å²) in [6.45, 7) is 0.258. The number of carbonyl (C=O) groups excluding carboxylic acids is 3. The summed E-state index contributed by atoms with van der Waals surface area (Å²) in [5.74, 6) is -1.82. The lowest BCUT2D eigenvalue weighted by molar-refractivity contribution is -0.132. The third-order valence-electron chi connectivity index (χ3n) is 4.25. The number of benzene rings is 2. The van der Waals surface area contributed by atoms with Crippen molar-refractivity contribution in [2.45, 2.75) is 25.0 Å². The van der Waals surface area contributed by atoms with E-state index in [9.17, 15) is 14.4 Å². The number of rotatable bonds is 9. The van der Waals surface area contributed by atoms with E-state index < -0.39 is 23.4 Å². The zero-order valence-electron chi connectivity index (χ0n) is 16.0. The van der Waals surface area contributed by atoms with Crippen molar-refractivity contribution in [2.75, 3.05) is 11.9 Å². The maximum absolute atomic E-state index is 12.6. The van der Waals surface area contributed by atoms with Gasteiger partial charge in [0.15, 0.2) is 5.54 Å². The number of amides is 3. The highest BCUT2D eigenvalue weighted by Gasteiger charge is 2.40. The summed E-state index contributed by atoms with van der Waals surface area (Å²) >= 11 is 11.8. The third kappa shape index (κ3) is 6.62. The molecule has 1 atom stereocenters. The molecule has 0 bridgehead atoms. The zero-order valence-corrected chi connectivity index (χ0v) is 17.5. The number of hydrogen-bond acceptors (Lipinski definition) is 5. The number of alkyl carbamates (subject to hydrolysis) is 1. The number of halogens is 2. The molecule has 0 heterocycles. The molecule has 0 aliphatic rings. The van der Waals surface area contributed by atoms with Gasteiger partial charge in [0.25, 0.3) is 5.91 Å². The number of carbonyl (C=O) groups is 3. The van der Waals surface area contributed by atoms with Crippen LogP contribution >= 0.6 is 23.2 Å². The summed E-state index contributed by atoms with van der Waals surface area (Å²) < 4.78 is 5.08. The molecule has 10 heteroatoms. The van der Waals surface area contributed by atoms with E-state index in [4.69, 9.17) is 39.4 Å². The van der Waals surface area contributed by atoms with Crippen LogP contribution in [0.4, 0.5) is 10.5 Å². The Hall–Kier alpha value is -2.81. The minimum absolute atomic E-state index is 0.0989. The van der Waals surface area contributed by atoms with E-state index in [1.54, 1.807) is 0 Å². The molecule has 160 valence electrons. The number of nitrogens with one attached hydrogen (secondary N) is 2. The van der Waals surface area contributed by atoms with Crippen molar-refractivity contribution in [1.82, 2.24) is 5.32 Å². The topological polar surface area (TPSA) is 137 Å². The molecule has 0 fully saturated rings. The van der Waals surface area contributed by atoms with Gasteiger partial charge in [-0.1, -0.05) is 53.5 Å². The van der Waals surface area contributed by atoms with Gasteiger partial charge in [0.05, 0.1) is 10.7 Å². The maximum atomic E-state index is 12.6. The van der Waals surface area contributed by atoms with Crippen LogP contribution < -0.4 is 22.1 Å². The molecule has 0 spiro atoms. The molecule has 0 aromatic heterocycles. The monoisotopic (exact) mass is 452 g/mol. The summed E-state index contributed by atoms with van der Waals surface area (Å²) in [7, 11) is 0. The van der Waals surface area contributed by atoms with Crippen LogP contribution in [0.3, 0.4) is 0 Å². The van der Waals surface area contributed by atoms with Gasteiger partial charge < -0.3 is 26.8 Å². The molecule has 30 heavy (non-hydrogen) atoms. The summed E-state index contributed by atoms with van der Waals surface area (Å²) in [6, 6.07) is 13.6. The summed E-state index contributed by atoms with van der Waals surface area (Å²) in [5, 5.41) is 5.58. The minimum atomic E-state index is -1.99. The summed E-state index contributed by atoms with van der Waals surface area (Å²) in [6.07, 6.45) is -0.516. The van der Waals surface area contributed by atoms with Crippen LogP contribution in [0.15, 0.2) is 48.5 Å². The number of nitrogens with two attached hydrogens (primary N) is 2. The number of primary amides is 1. The van der Waals surface area contributed by atoms with Crippen molar-refractivity contribution in [2.24, 2.45) is 11.5 Å². The van der Waals surface area contributed by atoms with Gasteiger partial charge in [-0.15, -0.1) is 0 Å². The molecule has 0 aliphatic heterocycles. The zero-order chi connectivity index (χ0) is 22.1. The van der Waals surface area contributed by atoms with E-state index in [0.29, 0.717) is 5.02 Å². The first kappa shape index (κ1) is 23.5. The quantitative estimate of drug-likeness (QED) is 0.342. The Kier molecular flexibility index (Phi) is 8.46. The van der Waals surface area contributed by atoms with Gasteiger partial charge in [-0.25, -0.2) is 4.79 Å². The summed E-state index contributed by atoms with van der Waals surface area (Å²) in [5.41, 5.74) is 10.4. The first-order chi connectivity index (χ1) is 14.2. The van der Waals surface area contributed by atoms with Crippen molar-refractivity contribution >= 4 is 46.8 Å². The predicted octanol–water partition coefficient (Wildman–Crippen LogP) is 2.82. The molecular formula is C20H22Cl2N4O4. The Balaban J connectivity index is 1.84. The van der Waals surface area contributed by atoms with E-state index in [-0.39, 0.29) is 36.7 Å². The van der Waals surface area contributed by atoms with Crippen molar-refractivity contribution in [1.29, 1.82) is 0 Å². The second-order valence-electron chi connectivity index (χ2n) is 6.51. The first-order valence-electron chi connectivity index (χ1n) is 9.02. The van der Waals surface area contributed by atoms with Crippen molar-refractivity contribution < 1.29 is 19.1 Å². The average Bonchev–Trinajstić information content (AvgIpc) is 2.72. The highest BCUT2D eigenvalue weighted by molar-refractivity contribution is 6.37. The Morgan fingerprint density at radius 2 is 1.77 bits per heavy atom. The van der Waals surface area contributed by atoms with Gasteiger partial charge in [0.2, 0.25) is 5.91 Å². The Labute approximate surface area is 183 Å². The second kappa shape index (κ2) is 10.8. The van der Waals surface area contributed by atoms with Crippen LogP contribution in [0.25, 0.3) is 0 Å². The SMILES string of the molecule is NC(=O)[C@@](N)(CCCNC(=O)OCc1ccccc1)C(=O)Nc1ccc(Cl)cc1Cl. The number of hydrogen-bond donors (Lipinski definition) is 4. The van der Waals surface area contributed by atoms with Gasteiger partial charge in [-0.2, -0.15) is 0 Å².